The molecule has 0 spiro atoms. The number of hydrogen-bond donors (Lipinski definition) is 1. The summed E-state index contributed by atoms with van der Waals surface area (Å²) < 4.78 is 9.98. The second-order valence-corrected chi connectivity index (χ2v) is 4.19. The first kappa shape index (κ1) is 15.0. The van der Waals surface area contributed by atoms with E-state index in [1.165, 1.54) is 6.07 Å². The number of carbonyl (C=O) groups excluding carboxylic acids is 2. The summed E-state index contributed by atoms with van der Waals surface area (Å²) in [6.07, 6.45) is -0.513. The molecule has 0 bridgehead atoms. The van der Waals surface area contributed by atoms with Gasteiger partial charge in [0.05, 0.1) is 12.2 Å². The van der Waals surface area contributed by atoms with Gasteiger partial charge in [0.1, 0.15) is 0 Å². The van der Waals surface area contributed by atoms with E-state index >= 15 is 0 Å². The van der Waals surface area contributed by atoms with Crippen LogP contribution < -0.4 is 5.73 Å². The van der Waals surface area contributed by atoms with E-state index in [0.29, 0.717) is 17.7 Å². The van der Waals surface area contributed by atoms with Crippen LogP contribution in [0.15, 0.2) is 18.2 Å². The largest absolute Gasteiger partial charge is 0.463 e. The van der Waals surface area contributed by atoms with Crippen LogP contribution in [0.2, 0.25) is 0 Å². The summed E-state index contributed by atoms with van der Waals surface area (Å²) in [5.74, 6) is -1.10. The predicted molar refractivity (Wildman–Crippen MR) is 71.7 cm³/mol. The van der Waals surface area contributed by atoms with Crippen LogP contribution in [-0.4, -0.2) is 24.6 Å². The Labute approximate surface area is 112 Å². The standard InChI is InChI=1S/C14H19NO4/c1-4-12(14(17)18-5-2)19-13(16)10-6-9(3)7-11(15)8-10/h6-8,12H,4-5,15H2,1-3H3. The van der Waals surface area contributed by atoms with Gasteiger partial charge in [-0.1, -0.05) is 6.92 Å². The van der Waals surface area contributed by atoms with E-state index in [-0.39, 0.29) is 6.61 Å². The molecule has 0 aliphatic carbocycles. The normalized spacial score (nSPS) is 11.7. The fraction of sp³-hybridized carbons (Fsp3) is 0.429. The minimum Gasteiger partial charge on any atom is -0.463 e. The quantitative estimate of drug-likeness (QED) is 0.651. The minimum atomic E-state index is -0.880. The minimum absolute atomic E-state index is 0.254. The zero-order valence-electron chi connectivity index (χ0n) is 11.4. The van der Waals surface area contributed by atoms with E-state index < -0.39 is 18.0 Å². The van der Waals surface area contributed by atoms with Crippen LogP contribution in [0.4, 0.5) is 5.69 Å². The Morgan fingerprint density at radius 2 is 1.95 bits per heavy atom. The number of aryl methyl sites for hydroxylation is 1. The number of ether oxygens (including phenoxy) is 2. The molecule has 0 heterocycles. The van der Waals surface area contributed by atoms with Crippen molar-refractivity contribution in [3.05, 3.63) is 29.3 Å². The van der Waals surface area contributed by atoms with Gasteiger partial charge in [0.2, 0.25) is 0 Å². The third-order valence-electron chi connectivity index (χ3n) is 2.50. The predicted octanol–water partition coefficient (Wildman–Crippen LogP) is 2.08. The number of nitrogens with two attached hydrogens (primary N) is 1. The number of carbonyl (C=O) groups is 2. The average Bonchev–Trinajstić information content (AvgIpc) is 2.34. The number of esters is 2. The molecule has 2 N–H and O–H groups in total. The molecule has 0 saturated heterocycles. The Bertz CT molecular complexity index is 450. The third-order valence-corrected chi connectivity index (χ3v) is 2.50. The monoisotopic (exact) mass is 265 g/mol. The van der Waals surface area contributed by atoms with Crippen LogP contribution in [0.3, 0.4) is 0 Å². The van der Waals surface area contributed by atoms with Gasteiger partial charge in [-0.15, -0.1) is 0 Å². The van der Waals surface area contributed by atoms with Gasteiger partial charge in [-0.2, -0.15) is 0 Å². The van der Waals surface area contributed by atoms with Crippen LogP contribution in [0, 0.1) is 6.92 Å². The summed E-state index contributed by atoms with van der Waals surface area (Å²) in [7, 11) is 0. The Balaban J connectivity index is 2.79. The molecule has 1 rings (SSSR count). The van der Waals surface area contributed by atoms with Gasteiger partial charge < -0.3 is 15.2 Å². The topological polar surface area (TPSA) is 78.6 Å². The molecule has 5 nitrogen and oxygen atoms in total. The molecule has 1 aromatic rings. The van der Waals surface area contributed by atoms with E-state index in [9.17, 15) is 9.59 Å². The van der Waals surface area contributed by atoms with Crippen molar-refractivity contribution in [3.8, 4) is 0 Å². The van der Waals surface area contributed by atoms with Crippen LogP contribution in [0.1, 0.15) is 36.2 Å². The van der Waals surface area contributed by atoms with Crippen LogP contribution in [0.5, 0.6) is 0 Å². The van der Waals surface area contributed by atoms with Gasteiger partial charge in [-0.3, -0.25) is 0 Å². The number of nitrogen functional groups attached to an aromatic ring is 1. The lowest BCUT2D eigenvalue weighted by Crippen LogP contribution is -2.28. The van der Waals surface area contributed by atoms with E-state index in [0.717, 1.165) is 5.56 Å². The fourth-order valence-corrected chi connectivity index (χ4v) is 1.66. The molecular weight excluding hydrogens is 246 g/mol. The van der Waals surface area contributed by atoms with Gasteiger partial charge >= 0.3 is 11.9 Å². The highest BCUT2D eigenvalue weighted by Gasteiger charge is 2.23. The summed E-state index contributed by atoms with van der Waals surface area (Å²) in [6.45, 7) is 5.53. The smallest absolute Gasteiger partial charge is 0.347 e. The molecule has 0 aromatic heterocycles. The number of benzene rings is 1. The molecule has 0 amide bonds. The maximum absolute atomic E-state index is 11.9. The molecule has 5 heteroatoms. The lowest BCUT2D eigenvalue weighted by Gasteiger charge is -2.15. The molecule has 0 aliphatic rings. The molecule has 0 fully saturated rings. The zero-order valence-corrected chi connectivity index (χ0v) is 11.4. The first-order chi connectivity index (χ1) is 8.97. The van der Waals surface area contributed by atoms with Gasteiger partial charge in [0.15, 0.2) is 6.10 Å². The summed E-state index contributed by atoms with van der Waals surface area (Å²) in [4.78, 5) is 23.5. The molecule has 104 valence electrons. The number of rotatable bonds is 5. The summed E-state index contributed by atoms with van der Waals surface area (Å²) >= 11 is 0. The maximum Gasteiger partial charge on any atom is 0.347 e. The van der Waals surface area contributed by atoms with Crippen molar-refractivity contribution < 1.29 is 19.1 Å². The third kappa shape index (κ3) is 4.28. The second-order valence-electron chi connectivity index (χ2n) is 4.19. The molecule has 0 aliphatic heterocycles. The first-order valence-corrected chi connectivity index (χ1v) is 6.22. The molecule has 0 radical (unpaired) electrons. The van der Waals surface area contributed by atoms with Crippen LogP contribution in [0.25, 0.3) is 0 Å². The Kier molecular flexibility index (Phi) is 5.36. The SMILES string of the molecule is CCOC(=O)C(CC)OC(=O)c1cc(C)cc(N)c1. The number of hydrogen-bond acceptors (Lipinski definition) is 5. The van der Waals surface area contributed by atoms with Crippen molar-refractivity contribution in [2.45, 2.75) is 33.3 Å². The zero-order chi connectivity index (χ0) is 14.4. The molecule has 0 saturated carbocycles. The lowest BCUT2D eigenvalue weighted by atomic mass is 10.1. The van der Waals surface area contributed by atoms with Crippen molar-refractivity contribution in [2.75, 3.05) is 12.3 Å². The highest BCUT2D eigenvalue weighted by molar-refractivity contribution is 5.92. The average molecular weight is 265 g/mol. The highest BCUT2D eigenvalue weighted by atomic mass is 16.6. The second kappa shape index (κ2) is 6.78. The molecule has 1 aromatic carbocycles. The van der Waals surface area contributed by atoms with E-state index in [4.69, 9.17) is 15.2 Å². The highest BCUT2D eigenvalue weighted by Crippen LogP contribution is 2.14. The van der Waals surface area contributed by atoms with Crippen molar-refractivity contribution in [3.63, 3.8) is 0 Å². The fourth-order valence-electron chi connectivity index (χ4n) is 1.66. The van der Waals surface area contributed by atoms with Crippen molar-refractivity contribution >= 4 is 17.6 Å². The summed E-state index contributed by atoms with van der Waals surface area (Å²) in [5.41, 5.74) is 7.34. The molecule has 1 unspecified atom stereocenters. The molecule has 19 heavy (non-hydrogen) atoms. The summed E-state index contributed by atoms with van der Waals surface area (Å²) in [6, 6.07) is 4.93. The van der Waals surface area contributed by atoms with E-state index in [1.807, 2.05) is 6.92 Å². The molecule has 1 atom stereocenters. The van der Waals surface area contributed by atoms with Crippen molar-refractivity contribution in [1.82, 2.24) is 0 Å². The van der Waals surface area contributed by atoms with Crippen molar-refractivity contribution in [1.29, 1.82) is 0 Å². The van der Waals surface area contributed by atoms with E-state index in [1.54, 1.807) is 26.0 Å². The molecular formula is C14H19NO4. The van der Waals surface area contributed by atoms with Crippen LogP contribution >= 0.6 is 0 Å². The van der Waals surface area contributed by atoms with Crippen molar-refractivity contribution in [2.24, 2.45) is 0 Å². The van der Waals surface area contributed by atoms with Gasteiger partial charge in [0, 0.05) is 5.69 Å². The lowest BCUT2D eigenvalue weighted by molar-refractivity contribution is -0.153. The Hall–Kier alpha value is -2.04. The Morgan fingerprint density at radius 1 is 1.26 bits per heavy atom. The first-order valence-electron chi connectivity index (χ1n) is 6.22. The van der Waals surface area contributed by atoms with E-state index in [2.05, 4.69) is 0 Å². The summed E-state index contributed by atoms with van der Waals surface area (Å²) in [5, 5.41) is 0. The Morgan fingerprint density at radius 3 is 2.47 bits per heavy atom. The number of anilines is 1. The van der Waals surface area contributed by atoms with Gasteiger partial charge in [-0.25, -0.2) is 9.59 Å². The van der Waals surface area contributed by atoms with Gasteiger partial charge in [0.25, 0.3) is 0 Å². The maximum atomic E-state index is 11.9. The van der Waals surface area contributed by atoms with Crippen LogP contribution in [-0.2, 0) is 14.3 Å². The van der Waals surface area contributed by atoms with Gasteiger partial charge in [-0.05, 0) is 44.0 Å².